The molecule has 0 aromatic heterocycles. The molecule has 0 bridgehead atoms. The summed E-state index contributed by atoms with van der Waals surface area (Å²) >= 11 is 0. The molecule has 0 spiro atoms. The molecule has 1 aliphatic carbocycles. The van der Waals surface area contributed by atoms with Crippen LogP contribution in [0.25, 0.3) is 0 Å². The van der Waals surface area contributed by atoms with E-state index in [1.807, 2.05) is 0 Å². The minimum absolute atomic E-state index is 0.290. The average molecular weight is 296 g/mol. The number of nitrogens with one attached hydrogen (secondary N) is 2. The van der Waals surface area contributed by atoms with Crippen molar-refractivity contribution in [2.45, 2.75) is 19.3 Å². The van der Waals surface area contributed by atoms with E-state index in [1.54, 1.807) is 0 Å². The Labute approximate surface area is 123 Å². The Morgan fingerprint density at radius 3 is 2.95 bits per heavy atom. The average Bonchev–Trinajstić information content (AvgIpc) is 3.28. The maximum absolute atomic E-state index is 13.0. The van der Waals surface area contributed by atoms with Crippen LogP contribution in [0.15, 0.2) is 18.2 Å². The zero-order valence-electron chi connectivity index (χ0n) is 12.2. The van der Waals surface area contributed by atoms with Gasteiger partial charge in [-0.1, -0.05) is 0 Å². The topological polar surface area (TPSA) is 59.6 Å². The minimum Gasteiger partial charge on any atom is -0.494 e. The summed E-state index contributed by atoms with van der Waals surface area (Å²) in [4.78, 5) is 11.7. The Hall–Kier alpha value is -1.82. The summed E-state index contributed by atoms with van der Waals surface area (Å²) in [5.74, 6) is 0.635. The summed E-state index contributed by atoms with van der Waals surface area (Å²) in [6.45, 7) is 2.01. The molecule has 0 radical (unpaired) electrons. The molecule has 0 unspecified atom stereocenters. The third-order valence-corrected chi connectivity index (χ3v) is 3.21. The molecule has 21 heavy (non-hydrogen) atoms. The van der Waals surface area contributed by atoms with Gasteiger partial charge in [0.2, 0.25) is 0 Å². The van der Waals surface area contributed by atoms with Crippen molar-refractivity contribution >= 4 is 11.7 Å². The van der Waals surface area contributed by atoms with Gasteiger partial charge in [0, 0.05) is 25.8 Å². The van der Waals surface area contributed by atoms with Gasteiger partial charge in [-0.2, -0.15) is 0 Å². The number of halogens is 1. The number of ether oxygens (including phenoxy) is 2. The Balaban J connectivity index is 1.64. The van der Waals surface area contributed by atoms with E-state index in [1.165, 1.54) is 38.2 Å². The van der Waals surface area contributed by atoms with Gasteiger partial charge in [-0.15, -0.1) is 0 Å². The molecule has 1 aromatic carbocycles. The van der Waals surface area contributed by atoms with Gasteiger partial charge in [-0.05, 0) is 37.3 Å². The van der Waals surface area contributed by atoms with Crippen molar-refractivity contribution in [3.05, 3.63) is 24.0 Å². The van der Waals surface area contributed by atoms with Crippen molar-refractivity contribution < 1.29 is 18.7 Å². The monoisotopic (exact) mass is 296 g/mol. The van der Waals surface area contributed by atoms with Gasteiger partial charge in [-0.25, -0.2) is 9.18 Å². The van der Waals surface area contributed by atoms with Crippen molar-refractivity contribution in [1.29, 1.82) is 0 Å². The van der Waals surface area contributed by atoms with E-state index in [0.717, 1.165) is 18.9 Å². The number of methoxy groups -OCH3 is 1. The largest absolute Gasteiger partial charge is 0.494 e. The highest BCUT2D eigenvalue weighted by Crippen LogP contribution is 2.28. The van der Waals surface area contributed by atoms with E-state index in [0.29, 0.717) is 18.8 Å². The van der Waals surface area contributed by atoms with Crippen molar-refractivity contribution in [1.82, 2.24) is 5.32 Å². The van der Waals surface area contributed by atoms with E-state index in [9.17, 15) is 9.18 Å². The Morgan fingerprint density at radius 1 is 1.43 bits per heavy atom. The summed E-state index contributed by atoms with van der Waals surface area (Å²) < 4.78 is 23.5. The van der Waals surface area contributed by atoms with Crippen LogP contribution in [0.5, 0.6) is 5.75 Å². The van der Waals surface area contributed by atoms with Crippen molar-refractivity contribution in [2.75, 3.05) is 32.2 Å². The van der Waals surface area contributed by atoms with E-state index in [2.05, 4.69) is 10.6 Å². The molecule has 1 aromatic rings. The fourth-order valence-electron chi connectivity index (χ4n) is 1.85. The lowest BCUT2D eigenvalue weighted by atomic mass is 10.3. The maximum atomic E-state index is 13.0. The van der Waals surface area contributed by atoms with Crippen LogP contribution in [0, 0.1) is 11.7 Å². The molecule has 5 nitrogen and oxygen atoms in total. The number of hydrogen-bond acceptors (Lipinski definition) is 3. The quantitative estimate of drug-likeness (QED) is 0.725. The van der Waals surface area contributed by atoms with E-state index < -0.39 is 5.82 Å². The fraction of sp³-hybridized carbons (Fsp3) is 0.533. The lowest BCUT2D eigenvalue weighted by Gasteiger charge is -2.11. The summed E-state index contributed by atoms with van der Waals surface area (Å²) in [5.41, 5.74) is 0.432. The van der Waals surface area contributed by atoms with Crippen LogP contribution in [0.3, 0.4) is 0 Å². The van der Waals surface area contributed by atoms with Crippen molar-refractivity contribution in [3.63, 3.8) is 0 Å². The highest BCUT2D eigenvalue weighted by atomic mass is 19.1. The van der Waals surface area contributed by atoms with Gasteiger partial charge in [0.1, 0.15) is 11.6 Å². The standard InChI is InChI=1S/C15H21FN2O3/c1-20-14-9-12(16)5-6-13(14)18-15(19)17-7-2-8-21-10-11-3-4-11/h5-6,9,11H,2-4,7-8,10H2,1H3,(H2,17,18,19). The molecule has 1 fully saturated rings. The van der Waals surface area contributed by atoms with Gasteiger partial charge in [0.25, 0.3) is 0 Å². The first-order valence-corrected chi connectivity index (χ1v) is 7.15. The second-order valence-electron chi connectivity index (χ2n) is 5.10. The Morgan fingerprint density at radius 2 is 2.24 bits per heavy atom. The van der Waals surface area contributed by atoms with Crippen LogP contribution in [-0.2, 0) is 4.74 Å². The first-order chi connectivity index (χ1) is 10.2. The smallest absolute Gasteiger partial charge is 0.319 e. The molecule has 0 saturated heterocycles. The number of benzene rings is 1. The molecular weight excluding hydrogens is 275 g/mol. The second kappa shape index (κ2) is 7.83. The number of carbonyl (C=O) groups excluding carboxylic acids is 1. The predicted octanol–water partition coefficient (Wildman–Crippen LogP) is 2.77. The number of carbonyl (C=O) groups is 1. The van der Waals surface area contributed by atoms with E-state index in [4.69, 9.17) is 9.47 Å². The molecular formula is C15H21FN2O3. The first-order valence-electron chi connectivity index (χ1n) is 7.15. The highest BCUT2D eigenvalue weighted by Gasteiger charge is 2.20. The van der Waals surface area contributed by atoms with Gasteiger partial charge >= 0.3 is 6.03 Å². The number of hydrogen-bond donors (Lipinski definition) is 2. The third kappa shape index (κ3) is 5.59. The molecule has 2 rings (SSSR count). The molecule has 0 aliphatic heterocycles. The minimum atomic E-state index is -0.411. The highest BCUT2D eigenvalue weighted by molar-refractivity contribution is 5.90. The molecule has 1 saturated carbocycles. The van der Waals surface area contributed by atoms with Gasteiger partial charge in [0.05, 0.1) is 12.8 Å². The molecule has 0 atom stereocenters. The van der Waals surface area contributed by atoms with Gasteiger partial charge < -0.3 is 20.1 Å². The van der Waals surface area contributed by atoms with E-state index in [-0.39, 0.29) is 11.8 Å². The molecule has 116 valence electrons. The van der Waals surface area contributed by atoms with Crippen LogP contribution in [-0.4, -0.2) is 32.9 Å². The molecule has 6 heteroatoms. The van der Waals surface area contributed by atoms with Crippen LogP contribution in [0.4, 0.5) is 14.9 Å². The number of anilines is 1. The molecule has 1 aliphatic rings. The van der Waals surface area contributed by atoms with E-state index >= 15 is 0 Å². The normalized spacial score (nSPS) is 13.8. The van der Waals surface area contributed by atoms with Crippen LogP contribution in [0.2, 0.25) is 0 Å². The molecule has 0 heterocycles. The second-order valence-corrected chi connectivity index (χ2v) is 5.10. The predicted molar refractivity (Wildman–Crippen MR) is 78.1 cm³/mol. The zero-order valence-corrected chi connectivity index (χ0v) is 12.2. The third-order valence-electron chi connectivity index (χ3n) is 3.21. The lowest BCUT2D eigenvalue weighted by molar-refractivity contribution is 0.122. The number of rotatable bonds is 8. The summed E-state index contributed by atoms with van der Waals surface area (Å²) in [5, 5.41) is 5.35. The molecule has 2 N–H and O–H groups in total. The van der Waals surface area contributed by atoms with Crippen LogP contribution < -0.4 is 15.4 Å². The Bertz CT molecular complexity index is 478. The summed E-state index contributed by atoms with van der Waals surface area (Å²) in [6.07, 6.45) is 3.32. The fourth-order valence-corrected chi connectivity index (χ4v) is 1.85. The Kier molecular flexibility index (Phi) is 5.80. The maximum Gasteiger partial charge on any atom is 0.319 e. The van der Waals surface area contributed by atoms with Crippen LogP contribution in [0.1, 0.15) is 19.3 Å². The first kappa shape index (κ1) is 15.6. The summed E-state index contributed by atoms with van der Waals surface area (Å²) in [7, 11) is 1.43. The summed E-state index contributed by atoms with van der Waals surface area (Å²) in [6, 6.07) is 3.61. The van der Waals surface area contributed by atoms with Crippen molar-refractivity contribution in [2.24, 2.45) is 5.92 Å². The van der Waals surface area contributed by atoms with Crippen molar-refractivity contribution in [3.8, 4) is 5.75 Å². The number of amides is 2. The van der Waals surface area contributed by atoms with Gasteiger partial charge in [0.15, 0.2) is 0 Å². The van der Waals surface area contributed by atoms with Gasteiger partial charge in [-0.3, -0.25) is 0 Å². The zero-order chi connectivity index (χ0) is 15.1. The number of urea groups is 1. The lowest BCUT2D eigenvalue weighted by Crippen LogP contribution is -2.30. The SMILES string of the molecule is COc1cc(F)ccc1NC(=O)NCCCOCC1CC1. The van der Waals surface area contributed by atoms with Crippen LogP contribution >= 0.6 is 0 Å². The molecule has 2 amide bonds.